The van der Waals surface area contributed by atoms with Crippen molar-refractivity contribution in [2.75, 3.05) is 0 Å². The average Bonchev–Trinajstić information content (AvgIpc) is 2.97. The summed E-state index contributed by atoms with van der Waals surface area (Å²) in [6.07, 6.45) is 1.49. The molecule has 3 N–H and O–H groups in total. The summed E-state index contributed by atoms with van der Waals surface area (Å²) in [6, 6.07) is 15.9. The zero-order valence-electron chi connectivity index (χ0n) is 15.6. The standard InChI is InChI=1S/C22H26N2O2/c1-15-12-19-13-17(6-9-20(19)24-15)14-23-21(25)18-7-4-16(5-8-18)10-11-22(2,3)26/h4-9,12-13,24,26H,10-11,14H2,1-3H3,(H,23,25). The summed E-state index contributed by atoms with van der Waals surface area (Å²) in [5, 5.41) is 13.9. The molecule has 0 aliphatic heterocycles. The molecule has 4 nitrogen and oxygen atoms in total. The van der Waals surface area contributed by atoms with Gasteiger partial charge in [-0.2, -0.15) is 0 Å². The van der Waals surface area contributed by atoms with Gasteiger partial charge in [-0.05, 0) is 80.5 Å². The third-order valence-electron chi connectivity index (χ3n) is 4.51. The zero-order valence-corrected chi connectivity index (χ0v) is 15.6. The molecule has 26 heavy (non-hydrogen) atoms. The fourth-order valence-electron chi connectivity index (χ4n) is 2.99. The number of hydrogen-bond acceptors (Lipinski definition) is 2. The number of fused-ring (bicyclic) bond motifs is 1. The van der Waals surface area contributed by atoms with E-state index in [0.717, 1.165) is 34.1 Å². The summed E-state index contributed by atoms with van der Waals surface area (Å²) in [6.45, 7) is 6.15. The van der Waals surface area contributed by atoms with Gasteiger partial charge in [-0.3, -0.25) is 4.79 Å². The molecule has 136 valence electrons. The fourth-order valence-corrected chi connectivity index (χ4v) is 2.99. The first-order valence-corrected chi connectivity index (χ1v) is 8.98. The lowest BCUT2D eigenvalue weighted by Gasteiger charge is -2.16. The average molecular weight is 350 g/mol. The molecular weight excluding hydrogens is 324 g/mol. The van der Waals surface area contributed by atoms with Crippen molar-refractivity contribution in [3.05, 3.63) is 70.9 Å². The molecule has 3 aromatic rings. The largest absolute Gasteiger partial charge is 0.390 e. The van der Waals surface area contributed by atoms with Gasteiger partial charge in [-0.15, -0.1) is 0 Å². The van der Waals surface area contributed by atoms with E-state index >= 15 is 0 Å². The number of aryl methyl sites for hydroxylation is 2. The van der Waals surface area contributed by atoms with Crippen LogP contribution in [0.3, 0.4) is 0 Å². The van der Waals surface area contributed by atoms with Gasteiger partial charge in [0, 0.05) is 23.3 Å². The summed E-state index contributed by atoms with van der Waals surface area (Å²) in [4.78, 5) is 15.7. The number of carbonyl (C=O) groups excluding carboxylic acids is 1. The lowest BCUT2D eigenvalue weighted by atomic mass is 9.98. The summed E-state index contributed by atoms with van der Waals surface area (Å²) < 4.78 is 0. The Kier molecular flexibility index (Phi) is 5.14. The molecule has 1 amide bonds. The molecule has 0 radical (unpaired) electrons. The molecule has 0 aliphatic carbocycles. The van der Waals surface area contributed by atoms with Crippen molar-refractivity contribution in [1.82, 2.24) is 10.3 Å². The number of aliphatic hydroxyl groups is 1. The number of benzene rings is 2. The summed E-state index contributed by atoms with van der Waals surface area (Å²) in [7, 11) is 0. The maximum Gasteiger partial charge on any atom is 0.251 e. The van der Waals surface area contributed by atoms with Gasteiger partial charge >= 0.3 is 0 Å². The molecule has 0 unspecified atom stereocenters. The van der Waals surface area contributed by atoms with Gasteiger partial charge in [0.2, 0.25) is 0 Å². The van der Waals surface area contributed by atoms with Crippen LogP contribution >= 0.6 is 0 Å². The van der Waals surface area contributed by atoms with Gasteiger partial charge in [0.15, 0.2) is 0 Å². The highest BCUT2D eigenvalue weighted by Crippen LogP contribution is 2.17. The normalized spacial score (nSPS) is 11.7. The van der Waals surface area contributed by atoms with Crippen LogP contribution in [0.4, 0.5) is 0 Å². The number of rotatable bonds is 6. The van der Waals surface area contributed by atoms with E-state index in [1.54, 1.807) is 13.8 Å². The van der Waals surface area contributed by atoms with E-state index in [4.69, 9.17) is 0 Å². The maximum absolute atomic E-state index is 12.4. The van der Waals surface area contributed by atoms with Crippen LogP contribution in [0.25, 0.3) is 10.9 Å². The Morgan fingerprint density at radius 2 is 1.77 bits per heavy atom. The number of amides is 1. The van der Waals surface area contributed by atoms with Gasteiger partial charge < -0.3 is 15.4 Å². The Balaban J connectivity index is 1.58. The third kappa shape index (κ3) is 4.73. The van der Waals surface area contributed by atoms with Gasteiger partial charge in [-0.25, -0.2) is 0 Å². The van der Waals surface area contributed by atoms with Crippen LogP contribution in [-0.2, 0) is 13.0 Å². The van der Waals surface area contributed by atoms with Crippen molar-refractivity contribution in [3.63, 3.8) is 0 Å². The second-order valence-corrected chi connectivity index (χ2v) is 7.57. The van der Waals surface area contributed by atoms with E-state index < -0.39 is 5.60 Å². The minimum atomic E-state index is -0.671. The highest BCUT2D eigenvalue weighted by atomic mass is 16.3. The Bertz CT molecular complexity index is 902. The number of aromatic nitrogens is 1. The molecule has 1 aromatic heterocycles. The van der Waals surface area contributed by atoms with Crippen LogP contribution in [0.15, 0.2) is 48.5 Å². The van der Waals surface area contributed by atoms with E-state index in [1.807, 2.05) is 43.3 Å². The van der Waals surface area contributed by atoms with E-state index in [2.05, 4.69) is 22.4 Å². The van der Waals surface area contributed by atoms with Crippen molar-refractivity contribution < 1.29 is 9.90 Å². The lowest BCUT2D eigenvalue weighted by Crippen LogP contribution is -2.22. The minimum absolute atomic E-state index is 0.0793. The number of hydrogen-bond donors (Lipinski definition) is 3. The van der Waals surface area contributed by atoms with Crippen LogP contribution in [0.5, 0.6) is 0 Å². The van der Waals surface area contributed by atoms with E-state index in [9.17, 15) is 9.90 Å². The molecule has 0 bridgehead atoms. The maximum atomic E-state index is 12.4. The zero-order chi connectivity index (χ0) is 18.7. The minimum Gasteiger partial charge on any atom is -0.390 e. The number of H-pyrrole nitrogens is 1. The summed E-state index contributed by atoms with van der Waals surface area (Å²) in [5.74, 6) is -0.0793. The van der Waals surface area contributed by atoms with Gasteiger partial charge in [0.1, 0.15) is 0 Å². The molecule has 4 heteroatoms. The second kappa shape index (κ2) is 7.34. The van der Waals surface area contributed by atoms with Crippen molar-refractivity contribution in [2.24, 2.45) is 0 Å². The Morgan fingerprint density at radius 1 is 1.08 bits per heavy atom. The molecular formula is C22H26N2O2. The number of carbonyl (C=O) groups is 1. The van der Waals surface area contributed by atoms with Gasteiger partial charge in [0.25, 0.3) is 5.91 Å². The first kappa shape index (κ1) is 18.2. The predicted octanol–water partition coefficient (Wildman–Crippen LogP) is 4.11. The Morgan fingerprint density at radius 3 is 2.46 bits per heavy atom. The van der Waals surface area contributed by atoms with Gasteiger partial charge in [0.05, 0.1) is 5.60 Å². The smallest absolute Gasteiger partial charge is 0.251 e. The van der Waals surface area contributed by atoms with Crippen LogP contribution in [0.2, 0.25) is 0 Å². The number of aromatic amines is 1. The molecule has 0 atom stereocenters. The first-order chi connectivity index (χ1) is 12.3. The topological polar surface area (TPSA) is 65.1 Å². The van der Waals surface area contributed by atoms with Crippen molar-refractivity contribution >= 4 is 16.8 Å². The monoisotopic (exact) mass is 350 g/mol. The Labute approximate surface area is 154 Å². The molecule has 0 saturated carbocycles. The number of nitrogens with one attached hydrogen (secondary N) is 2. The van der Waals surface area contributed by atoms with E-state index in [-0.39, 0.29) is 5.91 Å². The second-order valence-electron chi connectivity index (χ2n) is 7.57. The van der Waals surface area contributed by atoms with Crippen LogP contribution in [0.1, 0.15) is 47.4 Å². The van der Waals surface area contributed by atoms with E-state index in [0.29, 0.717) is 18.5 Å². The van der Waals surface area contributed by atoms with Crippen molar-refractivity contribution in [3.8, 4) is 0 Å². The van der Waals surface area contributed by atoms with E-state index in [1.165, 1.54) is 0 Å². The van der Waals surface area contributed by atoms with Crippen LogP contribution in [-0.4, -0.2) is 21.6 Å². The summed E-state index contributed by atoms with van der Waals surface area (Å²) >= 11 is 0. The predicted molar refractivity (Wildman–Crippen MR) is 105 cm³/mol. The summed E-state index contributed by atoms with van der Waals surface area (Å²) in [5.41, 5.74) is 4.42. The molecule has 0 saturated heterocycles. The molecule has 3 rings (SSSR count). The SMILES string of the molecule is Cc1cc2cc(CNC(=O)c3ccc(CCC(C)(C)O)cc3)ccc2[nH]1. The lowest BCUT2D eigenvalue weighted by molar-refractivity contribution is 0.0713. The highest BCUT2D eigenvalue weighted by molar-refractivity contribution is 5.94. The van der Waals surface area contributed by atoms with Crippen LogP contribution in [0, 0.1) is 6.92 Å². The molecule has 2 aromatic carbocycles. The quantitative estimate of drug-likeness (QED) is 0.626. The Hall–Kier alpha value is -2.59. The highest BCUT2D eigenvalue weighted by Gasteiger charge is 2.12. The fraction of sp³-hybridized carbons (Fsp3) is 0.318. The molecule has 1 heterocycles. The van der Waals surface area contributed by atoms with Gasteiger partial charge in [-0.1, -0.05) is 18.2 Å². The first-order valence-electron chi connectivity index (χ1n) is 8.98. The molecule has 0 spiro atoms. The van der Waals surface area contributed by atoms with Crippen molar-refractivity contribution in [2.45, 2.75) is 45.8 Å². The molecule has 0 aliphatic rings. The third-order valence-corrected chi connectivity index (χ3v) is 4.51. The van der Waals surface area contributed by atoms with Crippen molar-refractivity contribution in [1.29, 1.82) is 0 Å². The van der Waals surface area contributed by atoms with Crippen LogP contribution < -0.4 is 5.32 Å². The molecule has 0 fully saturated rings.